The molecule has 3 aromatic rings. The van der Waals surface area contributed by atoms with Crippen molar-refractivity contribution in [2.24, 2.45) is 0 Å². The highest BCUT2D eigenvalue weighted by Gasteiger charge is 2.23. The molecule has 0 spiro atoms. The first kappa shape index (κ1) is 18.9. The number of hydrogen-bond donors (Lipinski definition) is 0. The predicted octanol–water partition coefficient (Wildman–Crippen LogP) is 4.71. The van der Waals surface area contributed by atoms with Crippen LogP contribution in [-0.2, 0) is 6.54 Å². The van der Waals surface area contributed by atoms with Gasteiger partial charge in [0.15, 0.2) is 0 Å². The Kier molecular flexibility index (Phi) is 5.33. The predicted molar refractivity (Wildman–Crippen MR) is 103 cm³/mol. The second-order valence-electron chi connectivity index (χ2n) is 6.94. The zero-order chi connectivity index (χ0) is 19.7. The smallest absolute Gasteiger partial charge is 0.256 e. The summed E-state index contributed by atoms with van der Waals surface area (Å²) in [6.07, 6.45) is 0.764. The van der Waals surface area contributed by atoms with E-state index in [1.165, 1.54) is 6.07 Å². The zero-order valence-corrected chi connectivity index (χ0v) is 15.9. The summed E-state index contributed by atoms with van der Waals surface area (Å²) in [7, 11) is 0. The number of nitrogens with zero attached hydrogens (tertiary/aromatic N) is 2. The minimum absolute atomic E-state index is 0.0935. The molecular formula is C21H19ClF2N2O2. The van der Waals surface area contributed by atoms with Gasteiger partial charge in [-0.25, -0.2) is 8.78 Å². The summed E-state index contributed by atoms with van der Waals surface area (Å²) in [4.78, 5) is 16.4. The monoisotopic (exact) mass is 404 g/mol. The third-order valence-corrected chi connectivity index (χ3v) is 5.18. The van der Waals surface area contributed by atoms with Crippen LogP contribution in [0.1, 0.15) is 22.5 Å². The van der Waals surface area contributed by atoms with Crippen LogP contribution in [0, 0.1) is 11.6 Å². The molecule has 1 fully saturated rings. The Balaban J connectivity index is 1.42. The van der Waals surface area contributed by atoms with E-state index in [0.29, 0.717) is 31.2 Å². The van der Waals surface area contributed by atoms with E-state index in [4.69, 9.17) is 16.0 Å². The summed E-state index contributed by atoms with van der Waals surface area (Å²) in [6, 6.07) is 10.5. The van der Waals surface area contributed by atoms with E-state index in [1.807, 2.05) is 18.2 Å². The molecule has 1 aliphatic heterocycles. The van der Waals surface area contributed by atoms with Crippen LogP contribution in [0.3, 0.4) is 0 Å². The van der Waals surface area contributed by atoms with Crippen molar-refractivity contribution in [3.8, 4) is 0 Å². The van der Waals surface area contributed by atoms with Crippen molar-refractivity contribution in [3.05, 3.63) is 70.4 Å². The number of rotatable bonds is 3. The van der Waals surface area contributed by atoms with Gasteiger partial charge in [-0.2, -0.15) is 0 Å². The third kappa shape index (κ3) is 4.03. The van der Waals surface area contributed by atoms with E-state index in [9.17, 15) is 13.6 Å². The van der Waals surface area contributed by atoms with Gasteiger partial charge >= 0.3 is 0 Å². The van der Waals surface area contributed by atoms with E-state index < -0.39 is 17.5 Å². The summed E-state index contributed by atoms with van der Waals surface area (Å²) in [5, 5.41) is 1.62. The number of carbonyl (C=O) groups is 1. The molecule has 1 aromatic heterocycles. The van der Waals surface area contributed by atoms with Crippen molar-refractivity contribution >= 4 is 28.5 Å². The van der Waals surface area contributed by atoms with Gasteiger partial charge < -0.3 is 9.32 Å². The first-order chi connectivity index (χ1) is 13.5. The van der Waals surface area contributed by atoms with Crippen LogP contribution in [0.4, 0.5) is 8.78 Å². The molecule has 4 rings (SSSR count). The number of furan rings is 1. The Morgan fingerprint density at radius 2 is 1.89 bits per heavy atom. The van der Waals surface area contributed by atoms with Gasteiger partial charge in [-0.1, -0.05) is 11.6 Å². The van der Waals surface area contributed by atoms with Gasteiger partial charge in [-0.15, -0.1) is 0 Å². The SMILES string of the molecule is O=C(c1ccc(F)cc1F)N1CCCN(Cc2cc3cc(Cl)ccc3o2)CC1. The molecule has 1 saturated heterocycles. The van der Waals surface area contributed by atoms with E-state index >= 15 is 0 Å². The molecule has 2 aromatic carbocycles. The number of benzene rings is 2. The van der Waals surface area contributed by atoms with Gasteiger partial charge in [0, 0.05) is 42.7 Å². The van der Waals surface area contributed by atoms with Crippen LogP contribution in [-0.4, -0.2) is 41.9 Å². The molecular weight excluding hydrogens is 386 g/mol. The molecule has 2 heterocycles. The summed E-state index contributed by atoms with van der Waals surface area (Å²) < 4.78 is 32.9. The van der Waals surface area contributed by atoms with Gasteiger partial charge in [0.1, 0.15) is 23.0 Å². The van der Waals surface area contributed by atoms with Crippen LogP contribution in [0.25, 0.3) is 11.0 Å². The minimum atomic E-state index is -0.827. The molecule has 0 bridgehead atoms. The summed E-state index contributed by atoms with van der Waals surface area (Å²) in [5.41, 5.74) is 0.696. The van der Waals surface area contributed by atoms with Gasteiger partial charge in [0.25, 0.3) is 5.91 Å². The van der Waals surface area contributed by atoms with Gasteiger partial charge in [-0.05, 0) is 42.8 Å². The number of halogens is 3. The normalized spacial score (nSPS) is 15.8. The van der Waals surface area contributed by atoms with E-state index in [0.717, 1.165) is 41.8 Å². The van der Waals surface area contributed by atoms with Crippen molar-refractivity contribution in [1.82, 2.24) is 9.80 Å². The van der Waals surface area contributed by atoms with Crippen molar-refractivity contribution in [2.75, 3.05) is 26.2 Å². The first-order valence-electron chi connectivity index (χ1n) is 9.14. The minimum Gasteiger partial charge on any atom is -0.460 e. The topological polar surface area (TPSA) is 36.7 Å². The quantitative estimate of drug-likeness (QED) is 0.634. The summed E-state index contributed by atoms with van der Waals surface area (Å²) in [6.45, 7) is 3.07. The third-order valence-electron chi connectivity index (χ3n) is 4.95. The molecule has 0 N–H and O–H groups in total. The second kappa shape index (κ2) is 7.89. The van der Waals surface area contributed by atoms with Crippen molar-refractivity contribution in [3.63, 3.8) is 0 Å². The lowest BCUT2D eigenvalue weighted by atomic mass is 10.1. The number of fused-ring (bicyclic) bond motifs is 1. The zero-order valence-electron chi connectivity index (χ0n) is 15.1. The molecule has 0 saturated carbocycles. The van der Waals surface area contributed by atoms with E-state index in [2.05, 4.69) is 4.90 Å². The average molecular weight is 405 g/mol. The Hall–Kier alpha value is -2.44. The lowest BCUT2D eigenvalue weighted by molar-refractivity contribution is 0.0756. The van der Waals surface area contributed by atoms with Crippen LogP contribution >= 0.6 is 11.6 Å². The van der Waals surface area contributed by atoms with Crippen LogP contribution in [0.2, 0.25) is 5.02 Å². The fourth-order valence-electron chi connectivity index (χ4n) is 3.53. The molecule has 146 valence electrons. The lowest BCUT2D eigenvalue weighted by Crippen LogP contribution is -2.35. The highest BCUT2D eigenvalue weighted by molar-refractivity contribution is 6.31. The fraction of sp³-hybridized carbons (Fsp3) is 0.286. The lowest BCUT2D eigenvalue weighted by Gasteiger charge is -2.21. The summed E-state index contributed by atoms with van der Waals surface area (Å²) in [5.74, 6) is -1.09. The highest BCUT2D eigenvalue weighted by Crippen LogP contribution is 2.24. The Bertz CT molecular complexity index is 1020. The van der Waals surface area contributed by atoms with Gasteiger partial charge in [0.2, 0.25) is 0 Å². The van der Waals surface area contributed by atoms with Crippen LogP contribution in [0.15, 0.2) is 46.9 Å². The standard InChI is InChI=1S/C21H19ClF2N2O2/c22-15-2-5-20-14(10-15)11-17(28-20)13-25-6-1-7-26(9-8-25)21(27)18-4-3-16(23)12-19(18)24/h2-5,10-12H,1,6-9,13H2. The number of carbonyl (C=O) groups excluding carboxylic acids is 1. The van der Waals surface area contributed by atoms with Crippen LogP contribution in [0.5, 0.6) is 0 Å². The van der Waals surface area contributed by atoms with Crippen molar-refractivity contribution in [1.29, 1.82) is 0 Å². The van der Waals surface area contributed by atoms with Gasteiger partial charge in [0.05, 0.1) is 12.1 Å². The average Bonchev–Trinajstić information content (AvgIpc) is 2.89. The number of amides is 1. The molecule has 28 heavy (non-hydrogen) atoms. The summed E-state index contributed by atoms with van der Waals surface area (Å²) >= 11 is 6.02. The maximum atomic E-state index is 13.9. The molecule has 4 nitrogen and oxygen atoms in total. The molecule has 7 heteroatoms. The highest BCUT2D eigenvalue weighted by atomic mass is 35.5. The molecule has 0 unspecified atom stereocenters. The van der Waals surface area contributed by atoms with E-state index in [1.54, 1.807) is 11.0 Å². The Morgan fingerprint density at radius 1 is 1.04 bits per heavy atom. The first-order valence-corrected chi connectivity index (χ1v) is 9.52. The molecule has 1 amide bonds. The molecule has 1 aliphatic rings. The van der Waals surface area contributed by atoms with Crippen LogP contribution < -0.4 is 0 Å². The largest absolute Gasteiger partial charge is 0.460 e. The van der Waals surface area contributed by atoms with Crippen molar-refractivity contribution < 1.29 is 18.0 Å². The van der Waals surface area contributed by atoms with E-state index in [-0.39, 0.29) is 5.56 Å². The second-order valence-corrected chi connectivity index (χ2v) is 7.38. The maximum Gasteiger partial charge on any atom is 0.256 e. The fourth-order valence-corrected chi connectivity index (χ4v) is 3.71. The molecule has 0 atom stereocenters. The maximum absolute atomic E-state index is 13.9. The molecule has 0 radical (unpaired) electrons. The number of hydrogen-bond acceptors (Lipinski definition) is 3. The Labute approximate surface area is 166 Å². The van der Waals surface area contributed by atoms with Crippen molar-refractivity contribution in [2.45, 2.75) is 13.0 Å². The Morgan fingerprint density at radius 3 is 2.71 bits per heavy atom. The molecule has 0 aliphatic carbocycles. The van der Waals surface area contributed by atoms with Gasteiger partial charge in [-0.3, -0.25) is 9.69 Å².